The van der Waals surface area contributed by atoms with E-state index in [9.17, 15) is 0 Å². The van der Waals surface area contributed by atoms with Crippen molar-refractivity contribution in [1.82, 2.24) is 15.0 Å². The molecule has 0 saturated carbocycles. The fourth-order valence-electron chi connectivity index (χ4n) is 3.69. The summed E-state index contributed by atoms with van der Waals surface area (Å²) >= 11 is 0. The number of para-hydroxylation sites is 1. The Morgan fingerprint density at radius 2 is 1.96 bits per heavy atom. The van der Waals surface area contributed by atoms with Crippen LogP contribution in [0.15, 0.2) is 54.9 Å². The maximum atomic E-state index is 6.42. The maximum Gasteiger partial charge on any atom is 0.180 e. The number of rotatable bonds is 1. The first-order valence-electron chi connectivity index (χ1n) is 8.61. The van der Waals surface area contributed by atoms with Gasteiger partial charge in [0.05, 0.1) is 6.54 Å². The molecular weight excluding hydrogens is 312 g/mol. The quantitative estimate of drug-likeness (QED) is 0.684. The number of nitrogens with zero attached hydrogens (tertiary/aromatic N) is 4. The lowest BCUT2D eigenvalue weighted by molar-refractivity contribution is 0.0985. The average Bonchev–Trinajstić information content (AvgIpc) is 2.67. The van der Waals surface area contributed by atoms with E-state index in [0.29, 0.717) is 5.65 Å². The van der Waals surface area contributed by atoms with Gasteiger partial charge in [-0.2, -0.15) is 0 Å². The predicted octanol–water partition coefficient (Wildman–Crippen LogP) is 3.47. The molecule has 3 aromatic rings. The van der Waals surface area contributed by atoms with Gasteiger partial charge in [-0.1, -0.05) is 24.3 Å². The Balaban J connectivity index is 1.46. The molecule has 2 aliphatic heterocycles. The van der Waals surface area contributed by atoms with Crippen molar-refractivity contribution in [2.24, 2.45) is 0 Å². The number of piperidine rings is 1. The first kappa shape index (κ1) is 14.4. The highest BCUT2D eigenvalue weighted by molar-refractivity contribution is 5.72. The zero-order valence-electron chi connectivity index (χ0n) is 13.8. The van der Waals surface area contributed by atoms with Crippen LogP contribution in [0.1, 0.15) is 18.4 Å². The number of hydrogen-bond donors (Lipinski definition) is 0. The Morgan fingerprint density at radius 1 is 1.04 bits per heavy atom. The SMILES string of the molecule is C1=CC2(CCCN(c3ccc4nccnc4n3)C2)Oc2ccccc21. The van der Waals surface area contributed by atoms with Crippen LogP contribution >= 0.6 is 0 Å². The second kappa shape index (κ2) is 5.55. The van der Waals surface area contributed by atoms with Gasteiger partial charge in [-0.3, -0.25) is 4.98 Å². The summed E-state index contributed by atoms with van der Waals surface area (Å²) in [6, 6.07) is 12.2. The molecule has 1 fully saturated rings. The summed E-state index contributed by atoms with van der Waals surface area (Å²) < 4.78 is 6.42. The molecule has 1 atom stereocenters. The van der Waals surface area contributed by atoms with E-state index in [1.54, 1.807) is 12.4 Å². The molecule has 5 nitrogen and oxygen atoms in total. The topological polar surface area (TPSA) is 51.1 Å². The van der Waals surface area contributed by atoms with Crippen LogP contribution in [0.5, 0.6) is 5.75 Å². The molecular formula is C20H18N4O. The van der Waals surface area contributed by atoms with Crippen molar-refractivity contribution in [3.8, 4) is 5.75 Å². The van der Waals surface area contributed by atoms with Crippen molar-refractivity contribution >= 4 is 23.1 Å². The highest BCUT2D eigenvalue weighted by Gasteiger charge is 2.38. The number of fused-ring (bicyclic) bond motifs is 2. The monoisotopic (exact) mass is 330 g/mol. The van der Waals surface area contributed by atoms with Crippen LogP contribution in [0.4, 0.5) is 5.82 Å². The standard InChI is InChI=1S/C20H18N4O/c1-2-5-17-15(4-1)8-10-20(25-17)9-3-13-24(14-20)18-7-6-16-19(23-18)22-12-11-21-16/h1-2,4-8,10-12H,3,9,13-14H2. The van der Waals surface area contributed by atoms with Crippen LogP contribution in [0.25, 0.3) is 17.2 Å². The zero-order chi connectivity index (χ0) is 16.7. The Hall–Kier alpha value is -2.95. The molecule has 5 heteroatoms. The third kappa shape index (κ3) is 2.52. The number of aromatic nitrogens is 3. The van der Waals surface area contributed by atoms with Gasteiger partial charge in [-0.15, -0.1) is 0 Å². The van der Waals surface area contributed by atoms with E-state index in [0.717, 1.165) is 48.6 Å². The van der Waals surface area contributed by atoms with Crippen molar-refractivity contribution in [3.63, 3.8) is 0 Å². The van der Waals surface area contributed by atoms with Crippen LogP contribution in [-0.4, -0.2) is 33.6 Å². The number of ether oxygens (including phenoxy) is 1. The smallest absolute Gasteiger partial charge is 0.180 e. The van der Waals surface area contributed by atoms with Crippen LogP contribution in [0.3, 0.4) is 0 Å². The van der Waals surface area contributed by atoms with E-state index < -0.39 is 0 Å². The van der Waals surface area contributed by atoms with Crippen LogP contribution < -0.4 is 9.64 Å². The van der Waals surface area contributed by atoms with Crippen LogP contribution in [-0.2, 0) is 0 Å². The van der Waals surface area contributed by atoms with Crippen LogP contribution in [0.2, 0.25) is 0 Å². The number of anilines is 1. The molecule has 1 saturated heterocycles. The zero-order valence-corrected chi connectivity index (χ0v) is 13.8. The average molecular weight is 330 g/mol. The van der Waals surface area contributed by atoms with E-state index in [2.05, 4.69) is 33.1 Å². The molecule has 0 radical (unpaired) electrons. The molecule has 0 aliphatic carbocycles. The molecule has 0 bridgehead atoms. The molecule has 4 heterocycles. The van der Waals surface area contributed by atoms with Crippen molar-refractivity contribution in [2.75, 3.05) is 18.0 Å². The molecule has 5 rings (SSSR count). The summed E-state index contributed by atoms with van der Waals surface area (Å²) in [5, 5.41) is 0. The van der Waals surface area contributed by atoms with Gasteiger partial charge in [0.15, 0.2) is 5.65 Å². The van der Waals surface area contributed by atoms with Crippen LogP contribution in [0, 0.1) is 0 Å². The predicted molar refractivity (Wildman–Crippen MR) is 97.6 cm³/mol. The van der Waals surface area contributed by atoms with E-state index in [1.807, 2.05) is 30.3 Å². The Morgan fingerprint density at radius 3 is 2.96 bits per heavy atom. The summed E-state index contributed by atoms with van der Waals surface area (Å²) in [6.45, 7) is 1.76. The lowest BCUT2D eigenvalue weighted by Crippen LogP contribution is -2.51. The van der Waals surface area contributed by atoms with Gasteiger partial charge < -0.3 is 9.64 Å². The van der Waals surface area contributed by atoms with Gasteiger partial charge >= 0.3 is 0 Å². The fourth-order valence-corrected chi connectivity index (χ4v) is 3.69. The highest BCUT2D eigenvalue weighted by Crippen LogP contribution is 2.37. The van der Waals surface area contributed by atoms with E-state index in [-0.39, 0.29) is 5.60 Å². The Bertz CT molecular complexity index is 971. The first-order chi connectivity index (χ1) is 12.3. The molecule has 0 N–H and O–H groups in total. The van der Waals surface area contributed by atoms with Gasteiger partial charge in [0.1, 0.15) is 22.7 Å². The second-order valence-corrected chi connectivity index (χ2v) is 6.63. The summed E-state index contributed by atoms with van der Waals surface area (Å²) in [7, 11) is 0. The minimum absolute atomic E-state index is 0.286. The van der Waals surface area contributed by atoms with Crippen molar-refractivity contribution in [3.05, 3.63) is 60.4 Å². The molecule has 2 aromatic heterocycles. The minimum atomic E-state index is -0.286. The highest BCUT2D eigenvalue weighted by atomic mass is 16.5. The van der Waals surface area contributed by atoms with Gasteiger partial charge in [0.2, 0.25) is 0 Å². The van der Waals surface area contributed by atoms with Crippen molar-refractivity contribution in [1.29, 1.82) is 0 Å². The van der Waals surface area contributed by atoms with Gasteiger partial charge in [-0.05, 0) is 37.1 Å². The normalized spacial score (nSPS) is 22.0. The molecule has 0 amide bonds. The minimum Gasteiger partial charge on any atom is -0.481 e. The fraction of sp³-hybridized carbons (Fsp3) is 0.250. The van der Waals surface area contributed by atoms with E-state index in [1.165, 1.54) is 0 Å². The summed E-state index contributed by atoms with van der Waals surface area (Å²) in [4.78, 5) is 15.6. The molecule has 1 spiro atoms. The Kier molecular flexibility index (Phi) is 3.20. The lowest BCUT2D eigenvalue weighted by atomic mass is 9.89. The largest absolute Gasteiger partial charge is 0.481 e. The Labute approximate surface area is 146 Å². The molecule has 2 aliphatic rings. The maximum absolute atomic E-state index is 6.42. The molecule has 1 unspecified atom stereocenters. The second-order valence-electron chi connectivity index (χ2n) is 6.63. The summed E-state index contributed by atoms with van der Waals surface area (Å²) in [5.41, 5.74) is 2.36. The third-order valence-electron chi connectivity index (χ3n) is 4.93. The first-order valence-corrected chi connectivity index (χ1v) is 8.61. The van der Waals surface area contributed by atoms with E-state index >= 15 is 0 Å². The summed E-state index contributed by atoms with van der Waals surface area (Å²) in [6.07, 6.45) is 9.84. The summed E-state index contributed by atoms with van der Waals surface area (Å²) in [5.74, 6) is 1.90. The number of pyridine rings is 1. The van der Waals surface area contributed by atoms with Crippen molar-refractivity contribution < 1.29 is 4.74 Å². The van der Waals surface area contributed by atoms with Gasteiger partial charge in [0, 0.05) is 24.5 Å². The molecule has 1 aromatic carbocycles. The van der Waals surface area contributed by atoms with Gasteiger partial charge in [0.25, 0.3) is 0 Å². The number of benzene rings is 1. The molecule has 124 valence electrons. The van der Waals surface area contributed by atoms with Gasteiger partial charge in [-0.25, -0.2) is 9.97 Å². The van der Waals surface area contributed by atoms with Crippen molar-refractivity contribution in [2.45, 2.75) is 18.4 Å². The molecule has 25 heavy (non-hydrogen) atoms. The number of hydrogen-bond acceptors (Lipinski definition) is 5. The van der Waals surface area contributed by atoms with E-state index in [4.69, 9.17) is 9.72 Å². The third-order valence-corrected chi connectivity index (χ3v) is 4.93. The lowest BCUT2D eigenvalue weighted by Gasteiger charge is -2.43.